The molecule has 0 saturated heterocycles. The molecule has 2 aromatic rings. The van der Waals surface area contributed by atoms with Crippen LogP contribution in [-0.4, -0.2) is 29.9 Å². The first-order valence-corrected chi connectivity index (χ1v) is 8.23. The Morgan fingerprint density at radius 1 is 1.12 bits per heavy atom. The monoisotopic (exact) mass is 353 g/mol. The van der Waals surface area contributed by atoms with Crippen molar-refractivity contribution in [3.63, 3.8) is 0 Å². The van der Waals surface area contributed by atoms with Crippen LogP contribution < -0.4 is 4.74 Å². The van der Waals surface area contributed by atoms with Crippen molar-refractivity contribution in [2.45, 2.75) is 25.6 Å². The number of amides is 1. The first-order valence-electron chi connectivity index (χ1n) is 8.23. The highest BCUT2D eigenvalue weighted by Crippen LogP contribution is 2.21. The Kier molecular flexibility index (Phi) is 6.55. The van der Waals surface area contributed by atoms with Crippen LogP contribution in [0.5, 0.6) is 5.75 Å². The predicted molar refractivity (Wildman–Crippen MR) is 99.8 cm³/mol. The van der Waals surface area contributed by atoms with Crippen LogP contribution in [0.2, 0.25) is 0 Å². The second kappa shape index (κ2) is 8.85. The third-order valence-corrected chi connectivity index (χ3v) is 4.16. The van der Waals surface area contributed by atoms with Gasteiger partial charge in [0.2, 0.25) is 0 Å². The molecule has 0 bridgehead atoms. The number of carbonyl (C=O) groups excluding carboxylic acids is 2. The summed E-state index contributed by atoms with van der Waals surface area (Å²) >= 11 is 0. The topological polar surface area (TPSA) is 55.8 Å². The molecule has 26 heavy (non-hydrogen) atoms. The fourth-order valence-corrected chi connectivity index (χ4v) is 2.36. The number of aldehydes is 1. The van der Waals surface area contributed by atoms with Crippen LogP contribution in [-0.2, 0) is 22.7 Å². The van der Waals surface area contributed by atoms with Crippen LogP contribution in [0.1, 0.15) is 18.1 Å². The van der Waals surface area contributed by atoms with E-state index in [4.69, 9.17) is 9.47 Å². The van der Waals surface area contributed by atoms with Crippen LogP contribution in [0.15, 0.2) is 67.3 Å². The smallest absolute Gasteiger partial charge is 0.411 e. The van der Waals surface area contributed by atoms with E-state index < -0.39 is 11.6 Å². The molecule has 0 unspecified atom stereocenters. The molecule has 1 atom stereocenters. The SMILES string of the molecule is C=C[C@@](C)(C=O)N(Cc1ccc(OC)cc1)C(=O)OCc1ccccc1. The molecule has 5 nitrogen and oxygen atoms in total. The first-order chi connectivity index (χ1) is 12.5. The van der Waals surface area contributed by atoms with Crippen LogP contribution in [0.25, 0.3) is 0 Å². The van der Waals surface area contributed by atoms with Crippen LogP contribution in [0.4, 0.5) is 4.79 Å². The van der Waals surface area contributed by atoms with E-state index in [1.165, 1.54) is 11.0 Å². The maximum absolute atomic E-state index is 12.7. The maximum Gasteiger partial charge on any atom is 0.411 e. The quantitative estimate of drug-likeness (QED) is 0.532. The highest BCUT2D eigenvalue weighted by molar-refractivity contribution is 5.78. The Balaban J connectivity index is 2.17. The molecule has 136 valence electrons. The average Bonchev–Trinajstić information content (AvgIpc) is 2.71. The Labute approximate surface area is 153 Å². The minimum absolute atomic E-state index is 0.130. The van der Waals surface area contributed by atoms with E-state index in [0.29, 0.717) is 12.0 Å². The Hall–Kier alpha value is -3.08. The number of ether oxygens (including phenoxy) is 2. The van der Waals surface area contributed by atoms with E-state index in [0.717, 1.165) is 11.1 Å². The lowest BCUT2D eigenvalue weighted by Crippen LogP contribution is -2.49. The molecule has 0 aliphatic carbocycles. The van der Waals surface area contributed by atoms with Gasteiger partial charge in [-0.3, -0.25) is 4.90 Å². The van der Waals surface area contributed by atoms with Crippen molar-refractivity contribution >= 4 is 12.4 Å². The van der Waals surface area contributed by atoms with Gasteiger partial charge in [0.25, 0.3) is 0 Å². The summed E-state index contributed by atoms with van der Waals surface area (Å²) in [6.45, 7) is 5.66. The van der Waals surface area contributed by atoms with E-state index in [9.17, 15) is 9.59 Å². The molecule has 0 aliphatic rings. The molecule has 1 amide bonds. The lowest BCUT2D eigenvalue weighted by Gasteiger charge is -2.34. The Morgan fingerprint density at radius 2 is 1.77 bits per heavy atom. The molecule has 0 heterocycles. The maximum atomic E-state index is 12.7. The molecule has 2 aromatic carbocycles. The fraction of sp³-hybridized carbons (Fsp3) is 0.238. The zero-order valence-corrected chi connectivity index (χ0v) is 15.1. The third kappa shape index (κ3) is 4.72. The molecule has 0 fully saturated rings. The molecule has 0 spiro atoms. The highest BCUT2D eigenvalue weighted by atomic mass is 16.6. The van der Waals surface area contributed by atoms with E-state index >= 15 is 0 Å². The van der Waals surface area contributed by atoms with Gasteiger partial charge in [-0.1, -0.05) is 48.5 Å². The molecular formula is C21H23NO4. The number of carbonyl (C=O) groups is 2. The van der Waals surface area contributed by atoms with Gasteiger partial charge >= 0.3 is 6.09 Å². The zero-order valence-electron chi connectivity index (χ0n) is 15.1. The Bertz CT molecular complexity index is 732. The molecule has 0 saturated carbocycles. The largest absolute Gasteiger partial charge is 0.497 e. The Morgan fingerprint density at radius 3 is 2.31 bits per heavy atom. The highest BCUT2D eigenvalue weighted by Gasteiger charge is 2.33. The molecule has 0 aromatic heterocycles. The average molecular weight is 353 g/mol. The van der Waals surface area contributed by atoms with Gasteiger partial charge < -0.3 is 14.3 Å². The first kappa shape index (κ1) is 19.2. The normalized spacial score (nSPS) is 12.5. The molecule has 2 rings (SSSR count). The van der Waals surface area contributed by atoms with Crippen LogP contribution >= 0.6 is 0 Å². The predicted octanol–water partition coefficient (Wildman–Crippen LogP) is 3.98. The van der Waals surface area contributed by atoms with Crippen molar-refractivity contribution in [2.24, 2.45) is 0 Å². The number of nitrogens with zero attached hydrogens (tertiary/aromatic N) is 1. The number of benzene rings is 2. The number of hydrogen-bond acceptors (Lipinski definition) is 4. The summed E-state index contributed by atoms with van der Waals surface area (Å²) in [5.41, 5.74) is 0.544. The van der Waals surface area contributed by atoms with Crippen molar-refractivity contribution in [1.82, 2.24) is 4.90 Å². The van der Waals surface area contributed by atoms with Crippen LogP contribution in [0.3, 0.4) is 0 Å². The lowest BCUT2D eigenvalue weighted by molar-refractivity contribution is -0.115. The van der Waals surface area contributed by atoms with Gasteiger partial charge in [0.1, 0.15) is 24.2 Å². The van der Waals surface area contributed by atoms with Crippen molar-refractivity contribution in [3.8, 4) is 5.75 Å². The molecule has 0 N–H and O–H groups in total. The second-order valence-electron chi connectivity index (χ2n) is 6.02. The van der Waals surface area contributed by atoms with Gasteiger partial charge in [0.15, 0.2) is 0 Å². The van der Waals surface area contributed by atoms with Crippen LogP contribution in [0, 0.1) is 0 Å². The number of methoxy groups -OCH3 is 1. The van der Waals surface area contributed by atoms with E-state index in [1.807, 2.05) is 42.5 Å². The summed E-state index contributed by atoms with van der Waals surface area (Å²) in [5, 5.41) is 0. The molecule has 5 heteroatoms. The number of hydrogen-bond donors (Lipinski definition) is 0. The number of rotatable bonds is 8. The van der Waals surface area contributed by atoms with Gasteiger partial charge in [-0.25, -0.2) is 4.79 Å². The summed E-state index contributed by atoms with van der Waals surface area (Å²) < 4.78 is 10.6. The van der Waals surface area contributed by atoms with Gasteiger partial charge in [0, 0.05) is 0 Å². The van der Waals surface area contributed by atoms with Crippen molar-refractivity contribution in [3.05, 3.63) is 78.4 Å². The summed E-state index contributed by atoms with van der Waals surface area (Å²) in [6, 6.07) is 16.7. The third-order valence-electron chi connectivity index (χ3n) is 4.16. The summed E-state index contributed by atoms with van der Waals surface area (Å²) in [5.74, 6) is 0.717. The fourth-order valence-electron chi connectivity index (χ4n) is 2.36. The van der Waals surface area contributed by atoms with E-state index in [1.54, 1.807) is 26.2 Å². The molecular weight excluding hydrogens is 330 g/mol. The van der Waals surface area contributed by atoms with E-state index in [2.05, 4.69) is 6.58 Å². The van der Waals surface area contributed by atoms with E-state index in [-0.39, 0.29) is 13.2 Å². The summed E-state index contributed by atoms with van der Waals surface area (Å²) in [7, 11) is 1.59. The van der Waals surface area contributed by atoms with Gasteiger partial charge in [-0.2, -0.15) is 0 Å². The zero-order chi connectivity index (χ0) is 19.0. The van der Waals surface area contributed by atoms with Gasteiger partial charge in [-0.05, 0) is 30.2 Å². The standard InChI is InChI=1S/C21H23NO4/c1-4-21(2,16-23)22(14-17-10-12-19(25-3)13-11-17)20(24)26-15-18-8-6-5-7-9-18/h4-13,16H,1,14-15H2,2-3H3/t21-/m0/s1. The van der Waals surface area contributed by atoms with Crippen molar-refractivity contribution < 1.29 is 19.1 Å². The summed E-state index contributed by atoms with van der Waals surface area (Å²) in [4.78, 5) is 25.7. The van der Waals surface area contributed by atoms with Crippen molar-refractivity contribution in [2.75, 3.05) is 7.11 Å². The lowest BCUT2D eigenvalue weighted by atomic mass is 10.0. The summed E-state index contributed by atoms with van der Waals surface area (Å²) in [6.07, 6.45) is 1.54. The molecule has 0 aliphatic heterocycles. The van der Waals surface area contributed by atoms with Gasteiger partial charge in [-0.15, -0.1) is 6.58 Å². The minimum Gasteiger partial charge on any atom is -0.497 e. The minimum atomic E-state index is -1.17. The van der Waals surface area contributed by atoms with Gasteiger partial charge in [0.05, 0.1) is 13.7 Å². The van der Waals surface area contributed by atoms with Crippen molar-refractivity contribution in [1.29, 1.82) is 0 Å². The second-order valence-corrected chi connectivity index (χ2v) is 6.02. The molecule has 0 radical (unpaired) electrons.